The number of carbonyl (C=O) groups excluding carboxylic acids is 1. The second-order valence-corrected chi connectivity index (χ2v) is 6.69. The zero-order valence-electron chi connectivity index (χ0n) is 15.3. The van der Waals surface area contributed by atoms with E-state index >= 15 is 0 Å². The molecular weight excluding hydrogens is 316 g/mol. The van der Waals surface area contributed by atoms with Crippen LogP contribution in [-0.4, -0.2) is 47.3 Å². The zero-order chi connectivity index (χ0) is 18.0. The first-order chi connectivity index (χ1) is 12.0. The van der Waals surface area contributed by atoms with Gasteiger partial charge in [-0.25, -0.2) is 0 Å². The fraction of sp³-hybridized carbons (Fsp3) is 0.474. The molecule has 1 aromatic heterocycles. The summed E-state index contributed by atoms with van der Waals surface area (Å²) >= 11 is 0. The smallest absolute Gasteiger partial charge is 0.272 e. The molecule has 1 aromatic carbocycles. The average molecular weight is 342 g/mol. The van der Waals surface area contributed by atoms with Gasteiger partial charge in [-0.3, -0.25) is 9.48 Å². The van der Waals surface area contributed by atoms with Crippen LogP contribution in [0.2, 0.25) is 0 Å². The van der Waals surface area contributed by atoms with Gasteiger partial charge in [-0.15, -0.1) is 0 Å². The summed E-state index contributed by atoms with van der Waals surface area (Å²) in [5.41, 5.74) is 2.59. The molecule has 0 bridgehead atoms. The van der Waals surface area contributed by atoms with E-state index < -0.39 is 0 Å². The van der Waals surface area contributed by atoms with Crippen LogP contribution in [0.15, 0.2) is 30.3 Å². The SMILES string of the molecule is COc1ccccc1C1CNCCN1C(=O)c1cc(C(C)C)nn1C. The van der Waals surface area contributed by atoms with E-state index in [9.17, 15) is 4.79 Å². The van der Waals surface area contributed by atoms with Gasteiger partial charge < -0.3 is 15.0 Å². The molecule has 1 atom stereocenters. The van der Waals surface area contributed by atoms with E-state index in [-0.39, 0.29) is 11.9 Å². The highest BCUT2D eigenvalue weighted by molar-refractivity contribution is 5.93. The van der Waals surface area contributed by atoms with Crippen LogP contribution in [0.5, 0.6) is 5.75 Å². The number of nitrogens with zero attached hydrogens (tertiary/aromatic N) is 3. The highest BCUT2D eigenvalue weighted by Crippen LogP contribution is 2.31. The number of ether oxygens (including phenoxy) is 1. The number of methoxy groups -OCH3 is 1. The van der Waals surface area contributed by atoms with Crippen molar-refractivity contribution < 1.29 is 9.53 Å². The van der Waals surface area contributed by atoms with Gasteiger partial charge in [0.25, 0.3) is 5.91 Å². The molecular formula is C19H26N4O2. The molecule has 2 aromatic rings. The lowest BCUT2D eigenvalue weighted by molar-refractivity contribution is 0.0620. The van der Waals surface area contributed by atoms with Gasteiger partial charge in [-0.2, -0.15) is 5.10 Å². The van der Waals surface area contributed by atoms with Crippen LogP contribution in [0.3, 0.4) is 0 Å². The summed E-state index contributed by atoms with van der Waals surface area (Å²) in [6.07, 6.45) is 0. The molecule has 0 spiro atoms. The maximum absolute atomic E-state index is 13.2. The van der Waals surface area contributed by atoms with Crippen molar-refractivity contribution in [2.24, 2.45) is 7.05 Å². The van der Waals surface area contributed by atoms with Crippen molar-refractivity contribution in [3.05, 3.63) is 47.3 Å². The Morgan fingerprint density at radius 3 is 2.80 bits per heavy atom. The van der Waals surface area contributed by atoms with E-state index in [1.165, 1.54) is 0 Å². The van der Waals surface area contributed by atoms with Crippen molar-refractivity contribution in [2.45, 2.75) is 25.8 Å². The van der Waals surface area contributed by atoms with E-state index in [2.05, 4.69) is 24.3 Å². The summed E-state index contributed by atoms with van der Waals surface area (Å²) in [4.78, 5) is 15.2. The summed E-state index contributed by atoms with van der Waals surface area (Å²) in [5.74, 6) is 1.11. The second kappa shape index (κ2) is 7.27. The van der Waals surface area contributed by atoms with Crippen molar-refractivity contribution in [1.29, 1.82) is 0 Å². The Balaban J connectivity index is 1.94. The largest absolute Gasteiger partial charge is 0.496 e. The van der Waals surface area contributed by atoms with Gasteiger partial charge in [0.2, 0.25) is 0 Å². The van der Waals surface area contributed by atoms with Gasteiger partial charge in [0.05, 0.1) is 18.8 Å². The summed E-state index contributed by atoms with van der Waals surface area (Å²) in [7, 11) is 3.50. The van der Waals surface area contributed by atoms with Crippen molar-refractivity contribution in [1.82, 2.24) is 20.0 Å². The van der Waals surface area contributed by atoms with Gasteiger partial charge in [-0.05, 0) is 18.1 Å². The van der Waals surface area contributed by atoms with Crippen molar-refractivity contribution >= 4 is 5.91 Å². The highest BCUT2D eigenvalue weighted by atomic mass is 16.5. The third kappa shape index (κ3) is 3.39. The summed E-state index contributed by atoms with van der Waals surface area (Å²) < 4.78 is 7.20. The Labute approximate surface area is 148 Å². The molecule has 6 heteroatoms. The predicted molar refractivity (Wildman–Crippen MR) is 96.9 cm³/mol. The normalized spacial score (nSPS) is 17.8. The molecule has 1 amide bonds. The van der Waals surface area contributed by atoms with Crippen molar-refractivity contribution in [2.75, 3.05) is 26.7 Å². The quantitative estimate of drug-likeness (QED) is 0.926. The minimum atomic E-state index is -0.0604. The van der Waals surface area contributed by atoms with Gasteiger partial charge in [0.1, 0.15) is 11.4 Å². The number of benzene rings is 1. The van der Waals surface area contributed by atoms with Crippen LogP contribution in [-0.2, 0) is 7.05 Å². The Morgan fingerprint density at radius 2 is 2.12 bits per heavy atom. The maximum atomic E-state index is 13.2. The van der Waals surface area contributed by atoms with Gasteiger partial charge in [0.15, 0.2) is 0 Å². The number of hydrogen-bond acceptors (Lipinski definition) is 4. The molecule has 25 heavy (non-hydrogen) atoms. The Bertz CT molecular complexity index is 754. The van der Waals surface area contributed by atoms with Crippen LogP contribution in [0, 0.1) is 0 Å². The van der Waals surface area contributed by atoms with E-state index in [1.54, 1.807) is 11.8 Å². The van der Waals surface area contributed by atoms with E-state index in [0.717, 1.165) is 23.6 Å². The molecule has 1 N–H and O–H groups in total. The first-order valence-electron chi connectivity index (χ1n) is 8.71. The van der Waals surface area contributed by atoms with E-state index in [1.807, 2.05) is 42.3 Å². The summed E-state index contributed by atoms with van der Waals surface area (Å²) in [6, 6.07) is 9.74. The monoisotopic (exact) mass is 342 g/mol. The molecule has 1 aliphatic heterocycles. The minimum absolute atomic E-state index is 0.0132. The molecule has 134 valence electrons. The Hall–Kier alpha value is -2.34. The first kappa shape index (κ1) is 17.5. The lowest BCUT2D eigenvalue weighted by Crippen LogP contribution is -2.49. The number of aromatic nitrogens is 2. The standard InChI is InChI=1S/C19H26N4O2/c1-13(2)15-11-16(22(3)21-15)19(24)23-10-9-20-12-17(23)14-7-5-6-8-18(14)25-4/h5-8,11,13,17,20H,9-10,12H2,1-4H3. The van der Waals surface area contributed by atoms with Gasteiger partial charge in [0, 0.05) is 32.2 Å². The van der Waals surface area contributed by atoms with Crippen LogP contribution < -0.4 is 10.1 Å². The van der Waals surface area contributed by atoms with Gasteiger partial charge >= 0.3 is 0 Å². The number of rotatable bonds is 4. The average Bonchev–Trinajstić information content (AvgIpc) is 3.03. The third-order valence-electron chi connectivity index (χ3n) is 4.71. The van der Waals surface area contributed by atoms with Crippen LogP contribution in [0.1, 0.15) is 47.6 Å². The molecule has 6 nitrogen and oxygen atoms in total. The summed E-state index contributed by atoms with van der Waals surface area (Å²) in [6.45, 7) is 6.31. The predicted octanol–water partition coefficient (Wildman–Crippen LogP) is 2.34. The molecule has 1 unspecified atom stereocenters. The molecule has 0 aliphatic carbocycles. The Morgan fingerprint density at radius 1 is 1.36 bits per heavy atom. The van der Waals surface area contributed by atoms with Crippen molar-refractivity contribution in [3.8, 4) is 5.75 Å². The van der Waals surface area contributed by atoms with Crippen LogP contribution >= 0.6 is 0 Å². The lowest BCUT2D eigenvalue weighted by Gasteiger charge is -2.37. The maximum Gasteiger partial charge on any atom is 0.272 e. The topological polar surface area (TPSA) is 59.4 Å². The van der Waals surface area contributed by atoms with E-state index in [0.29, 0.717) is 24.7 Å². The molecule has 0 radical (unpaired) electrons. The number of carbonyl (C=O) groups is 1. The fourth-order valence-corrected chi connectivity index (χ4v) is 3.29. The fourth-order valence-electron chi connectivity index (χ4n) is 3.29. The second-order valence-electron chi connectivity index (χ2n) is 6.69. The number of amides is 1. The molecule has 1 saturated heterocycles. The molecule has 3 rings (SSSR count). The molecule has 2 heterocycles. The first-order valence-corrected chi connectivity index (χ1v) is 8.71. The number of piperazine rings is 1. The van der Waals surface area contributed by atoms with Crippen LogP contribution in [0.4, 0.5) is 0 Å². The number of nitrogens with one attached hydrogen (secondary N) is 1. The number of aryl methyl sites for hydroxylation is 1. The van der Waals surface area contributed by atoms with E-state index in [4.69, 9.17) is 4.74 Å². The number of para-hydroxylation sites is 1. The molecule has 0 saturated carbocycles. The number of hydrogen-bond donors (Lipinski definition) is 1. The lowest BCUT2D eigenvalue weighted by atomic mass is 10.0. The minimum Gasteiger partial charge on any atom is -0.496 e. The van der Waals surface area contributed by atoms with Crippen LogP contribution in [0.25, 0.3) is 0 Å². The zero-order valence-corrected chi connectivity index (χ0v) is 15.3. The molecule has 1 aliphatic rings. The summed E-state index contributed by atoms with van der Waals surface area (Å²) in [5, 5.41) is 7.87. The third-order valence-corrected chi connectivity index (χ3v) is 4.71. The Kier molecular flexibility index (Phi) is 5.08. The molecule has 1 fully saturated rings. The van der Waals surface area contributed by atoms with Gasteiger partial charge in [-0.1, -0.05) is 32.0 Å². The highest BCUT2D eigenvalue weighted by Gasteiger charge is 2.32. The van der Waals surface area contributed by atoms with Crippen molar-refractivity contribution in [3.63, 3.8) is 0 Å².